The zero-order chi connectivity index (χ0) is 16.8. The number of hydrogen-bond acceptors (Lipinski definition) is 5. The van der Waals surface area contributed by atoms with Gasteiger partial charge in [-0.1, -0.05) is 25.7 Å². The second-order valence-electron chi connectivity index (χ2n) is 6.10. The quantitative estimate of drug-likeness (QED) is 0.611. The molecule has 0 amide bonds. The van der Waals surface area contributed by atoms with Gasteiger partial charge in [-0.15, -0.1) is 5.10 Å². The van der Waals surface area contributed by atoms with Crippen LogP contribution in [-0.2, 0) is 17.9 Å². The highest BCUT2D eigenvalue weighted by molar-refractivity contribution is 9.10. The Kier molecular flexibility index (Phi) is 6.68. The summed E-state index contributed by atoms with van der Waals surface area (Å²) in [6.45, 7) is 1.20. The molecule has 24 heavy (non-hydrogen) atoms. The Labute approximate surface area is 155 Å². The highest BCUT2D eigenvalue weighted by Crippen LogP contribution is 2.28. The first kappa shape index (κ1) is 17.9. The van der Waals surface area contributed by atoms with Gasteiger partial charge in [0.25, 0.3) is 0 Å². The van der Waals surface area contributed by atoms with Crippen molar-refractivity contribution in [2.45, 2.75) is 38.8 Å². The van der Waals surface area contributed by atoms with E-state index in [1.54, 1.807) is 18.0 Å². The molecule has 0 aliphatic heterocycles. The summed E-state index contributed by atoms with van der Waals surface area (Å²) in [7, 11) is 0. The van der Waals surface area contributed by atoms with Crippen molar-refractivity contribution in [1.82, 2.24) is 19.7 Å². The molecule has 0 aromatic carbocycles. The van der Waals surface area contributed by atoms with Gasteiger partial charge in [-0.25, -0.2) is 9.67 Å². The first-order chi connectivity index (χ1) is 11.8. The number of hydrogen-bond donors (Lipinski definition) is 0. The van der Waals surface area contributed by atoms with Crippen LogP contribution in [0, 0.1) is 5.92 Å². The molecule has 7 heteroatoms. The Balaban J connectivity index is 1.76. The van der Waals surface area contributed by atoms with Gasteiger partial charge in [0.05, 0.1) is 6.61 Å². The van der Waals surface area contributed by atoms with Crippen LogP contribution in [0.4, 0.5) is 0 Å². The average Bonchev–Trinajstić information content (AvgIpc) is 3.23. The minimum absolute atomic E-state index is 0.464. The molecule has 2 heterocycles. The van der Waals surface area contributed by atoms with Gasteiger partial charge >= 0.3 is 0 Å². The molecule has 0 unspecified atom stereocenters. The van der Waals surface area contributed by atoms with E-state index in [4.69, 9.17) is 9.72 Å². The maximum absolute atomic E-state index is 5.75. The summed E-state index contributed by atoms with van der Waals surface area (Å²) in [5.41, 5.74) is 0.800. The lowest BCUT2D eigenvalue weighted by Crippen LogP contribution is -2.12. The third-order valence-corrected chi connectivity index (χ3v) is 5.34. The molecule has 0 N–H and O–H groups in total. The largest absolute Gasteiger partial charge is 0.358 e. The Bertz CT molecular complexity index is 641. The van der Waals surface area contributed by atoms with Crippen molar-refractivity contribution in [2.24, 2.45) is 5.92 Å². The second kappa shape index (κ2) is 8.97. The molecule has 0 atom stereocenters. The third kappa shape index (κ3) is 4.80. The summed E-state index contributed by atoms with van der Waals surface area (Å²) in [5.74, 6) is 3.42. The van der Waals surface area contributed by atoms with Gasteiger partial charge in [-0.05, 0) is 40.2 Å². The fourth-order valence-corrected chi connectivity index (χ4v) is 3.53. The Morgan fingerprint density at radius 1 is 1.33 bits per heavy atom. The predicted molar refractivity (Wildman–Crippen MR) is 101 cm³/mol. The molecule has 0 spiro atoms. The van der Waals surface area contributed by atoms with Crippen LogP contribution in [-0.4, -0.2) is 38.4 Å². The highest BCUT2D eigenvalue weighted by atomic mass is 79.9. The summed E-state index contributed by atoms with van der Waals surface area (Å²) in [5, 5.41) is 4.65. The molecule has 0 bridgehead atoms. The van der Waals surface area contributed by atoms with Gasteiger partial charge in [-0.3, -0.25) is 4.98 Å². The van der Waals surface area contributed by atoms with Gasteiger partial charge in [-0.2, -0.15) is 11.8 Å². The molecule has 1 fully saturated rings. The van der Waals surface area contributed by atoms with Crippen LogP contribution in [0.2, 0.25) is 0 Å². The van der Waals surface area contributed by atoms with E-state index in [9.17, 15) is 0 Å². The van der Waals surface area contributed by atoms with E-state index in [1.165, 1.54) is 25.7 Å². The number of pyridine rings is 1. The van der Waals surface area contributed by atoms with Gasteiger partial charge in [0.2, 0.25) is 0 Å². The summed E-state index contributed by atoms with van der Waals surface area (Å²) >= 11 is 5.20. The van der Waals surface area contributed by atoms with Gasteiger partial charge < -0.3 is 4.74 Å². The SMILES string of the molecule is CSCCOCn1nc(-c2ccc(Br)cn2)nc1CC1CCCC1. The molecule has 1 aliphatic rings. The van der Waals surface area contributed by atoms with Crippen LogP contribution in [0.5, 0.6) is 0 Å². The van der Waals surface area contributed by atoms with Crippen molar-refractivity contribution in [1.29, 1.82) is 0 Å². The maximum atomic E-state index is 5.75. The van der Waals surface area contributed by atoms with E-state index in [0.717, 1.165) is 40.7 Å². The van der Waals surface area contributed by atoms with Gasteiger partial charge in [0, 0.05) is 22.8 Å². The maximum Gasteiger partial charge on any atom is 0.200 e. The lowest BCUT2D eigenvalue weighted by atomic mass is 10.0. The van der Waals surface area contributed by atoms with E-state index in [-0.39, 0.29) is 0 Å². The summed E-state index contributed by atoms with van der Waals surface area (Å²) < 4.78 is 8.62. The van der Waals surface area contributed by atoms with E-state index in [2.05, 4.69) is 32.3 Å². The van der Waals surface area contributed by atoms with E-state index in [0.29, 0.717) is 12.6 Å². The Hall–Kier alpha value is -0.920. The zero-order valence-electron chi connectivity index (χ0n) is 13.9. The standard InChI is InChI=1S/C17H23BrN4OS/c1-24-9-8-23-12-22-16(10-13-4-2-3-5-13)20-17(21-22)15-7-6-14(18)11-19-15/h6-7,11,13H,2-5,8-10,12H2,1H3. The first-order valence-corrected chi connectivity index (χ1v) is 10.6. The fourth-order valence-electron chi connectivity index (χ4n) is 3.01. The number of thioether (sulfide) groups is 1. The predicted octanol–water partition coefficient (Wildman–Crippen LogP) is 4.17. The van der Waals surface area contributed by atoms with E-state index in [1.807, 2.05) is 16.8 Å². The molecular weight excluding hydrogens is 388 g/mol. The average molecular weight is 411 g/mol. The summed E-state index contributed by atoms with van der Waals surface area (Å²) in [6.07, 6.45) is 10.1. The van der Waals surface area contributed by atoms with Crippen molar-refractivity contribution in [3.63, 3.8) is 0 Å². The molecular formula is C17H23BrN4OS. The van der Waals surface area contributed by atoms with Crippen molar-refractivity contribution in [3.05, 3.63) is 28.6 Å². The summed E-state index contributed by atoms with van der Waals surface area (Å²) in [6, 6.07) is 3.91. The van der Waals surface area contributed by atoms with Crippen molar-refractivity contribution >= 4 is 27.7 Å². The van der Waals surface area contributed by atoms with Gasteiger partial charge in [0.15, 0.2) is 5.82 Å². The Morgan fingerprint density at radius 2 is 2.17 bits per heavy atom. The Morgan fingerprint density at radius 3 is 2.88 bits per heavy atom. The minimum Gasteiger partial charge on any atom is -0.358 e. The van der Waals surface area contributed by atoms with E-state index >= 15 is 0 Å². The van der Waals surface area contributed by atoms with Crippen LogP contribution in [0.3, 0.4) is 0 Å². The monoisotopic (exact) mass is 410 g/mol. The zero-order valence-corrected chi connectivity index (χ0v) is 16.4. The fraction of sp³-hybridized carbons (Fsp3) is 0.588. The number of nitrogens with zero attached hydrogens (tertiary/aromatic N) is 4. The normalized spacial score (nSPS) is 15.2. The molecule has 1 saturated carbocycles. The smallest absolute Gasteiger partial charge is 0.200 e. The number of aromatic nitrogens is 4. The number of ether oxygens (including phenoxy) is 1. The minimum atomic E-state index is 0.464. The van der Waals surface area contributed by atoms with Crippen molar-refractivity contribution in [2.75, 3.05) is 18.6 Å². The molecule has 1 aliphatic carbocycles. The topological polar surface area (TPSA) is 52.8 Å². The molecule has 130 valence electrons. The lowest BCUT2D eigenvalue weighted by molar-refractivity contribution is 0.0783. The third-order valence-electron chi connectivity index (χ3n) is 4.30. The molecule has 0 saturated heterocycles. The first-order valence-electron chi connectivity index (χ1n) is 8.38. The highest BCUT2D eigenvalue weighted by Gasteiger charge is 2.20. The van der Waals surface area contributed by atoms with Crippen LogP contribution in [0.1, 0.15) is 31.5 Å². The molecule has 0 radical (unpaired) electrons. The van der Waals surface area contributed by atoms with Crippen LogP contribution in [0.15, 0.2) is 22.8 Å². The molecule has 5 nitrogen and oxygen atoms in total. The number of halogens is 1. The van der Waals surface area contributed by atoms with Crippen LogP contribution >= 0.6 is 27.7 Å². The van der Waals surface area contributed by atoms with Gasteiger partial charge in [0.1, 0.15) is 18.2 Å². The summed E-state index contributed by atoms with van der Waals surface area (Å²) in [4.78, 5) is 9.18. The second-order valence-corrected chi connectivity index (χ2v) is 8.00. The molecule has 3 rings (SSSR count). The van der Waals surface area contributed by atoms with Crippen LogP contribution < -0.4 is 0 Å². The van der Waals surface area contributed by atoms with E-state index < -0.39 is 0 Å². The van der Waals surface area contributed by atoms with Crippen LogP contribution in [0.25, 0.3) is 11.5 Å². The van der Waals surface area contributed by atoms with Crippen molar-refractivity contribution in [3.8, 4) is 11.5 Å². The number of rotatable bonds is 8. The lowest BCUT2D eigenvalue weighted by Gasteiger charge is -2.10. The molecule has 2 aromatic rings. The molecule has 2 aromatic heterocycles. The van der Waals surface area contributed by atoms with Crippen molar-refractivity contribution < 1.29 is 4.74 Å².